The predicted octanol–water partition coefficient (Wildman–Crippen LogP) is 2.86. The van der Waals surface area contributed by atoms with Gasteiger partial charge in [0.2, 0.25) is 0 Å². The Morgan fingerprint density at radius 3 is 2.71 bits per heavy atom. The summed E-state index contributed by atoms with van der Waals surface area (Å²) < 4.78 is 42.2. The molecule has 0 saturated heterocycles. The molecular formula is C14H16FNO3S2. The number of thiol groups is 1. The molecule has 1 aliphatic heterocycles. The molecule has 114 valence electrons. The lowest BCUT2D eigenvalue weighted by atomic mass is 10.00. The number of hydrogen-bond donors (Lipinski definition) is 1. The average molecular weight is 329 g/mol. The Hall–Kier alpha value is -1.34. The van der Waals surface area contributed by atoms with Gasteiger partial charge in [0.05, 0.1) is 10.8 Å². The second-order valence-electron chi connectivity index (χ2n) is 4.78. The summed E-state index contributed by atoms with van der Waals surface area (Å²) in [4.78, 5) is 4.03. The van der Waals surface area contributed by atoms with Crippen molar-refractivity contribution in [2.45, 2.75) is 23.5 Å². The number of rotatable bonds is 3. The standard InChI is InChI=1S/C14H16FNO3S2/c1-3-10-13(20)6-7-16-14(10)19-12-5-4-9(8-11(12)15)21(2,17)18/h4-8,10,13,20H,3H2,1-2H3. The molecule has 0 N–H and O–H groups in total. The fraction of sp³-hybridized carbons (Fsp3) is 0.357. The maximum atomic E-state index is 14.0. The lowest BCUT2D eigenvalue weighted by Crippen LogP contribution is -2.29. The SMILES string of the molecule is CCC1C(Oc2ccc(S(C)(=O)=O)cc2F)=NC=CC1S. The fourth-order valence-electron chi connectivity index (χ4n) is 2.01. The number of ether oxygens (including phenoxy) is 1. The van der Waals surface area contributed by atoms with Crippen LogP contribution in [0.1, 0.15) is 13.3 Å². The van der Waals surface area contributed by atoms with Gasteiger partial charge in [0.1, 0.15) is 0 Å². The van der Waals surface area contributed by atoms with E-state index in [4.69, 9.17) is 4.74 Å². The van der Waals surface area contributed by atoms with Crippen LogP contribution in [0.25, 0.3) is 0 Å². The molecule has 1 aromatic carbocycles. The van der Waals surface area contributed by atoms with Crippen molar-refractivity contribution >= 4 is 28.4 Å². The molecule has 7 heteroatoms. The van der Waals surface area contributed by atoms with Crippen LogP contribution in [0.2, 0.25) is 0 Å². The highest BCUT2D eigenvalue weighted by atomic mass is 32.2. The van der Waals surface area contributed by atoms with Crippen molar-refractivity contribution in [1.29, 1.82) is 0 Å². The van der Waals surface area contributed by atoms with Crippen molar-refractivity contribution in [1.82, 2.24) is 0 Å². The lowest BCUT2D eigenvalue weighted by molar-refractivity contribution is 0.444. The topological polar surface area (TPSA) is 55.7 Å². The van der Waals surface area contributed by atoms with E-state index >= 15 is 0 Å². The molecule has 1 aromatic rings. The zero-order chi connectivity index (χ0) is 15.6. The zero-order valence-corrected chi connectivity index (χ0v) is 13.4. The Balaban J connectivity index is 2.28. The van der Waals surface area contributed by atoms with E-state index in [1.165, 1.54) is 12.1 Å². The van der Waals surface area contributed by atoms with Crippen molar-refractivity contribution in [3.8, 4) is 5.75 Å². The number of sulfone groups is 1. The van der Waals surface area contributed by atoms with E-state index in [0.717, 1.165) is 18.7 Å². The van der Waals surface area contributed by atoms with Gasteiger partial charge >= 0.3 is 0 Å². The first kappa shape index (κ1) is 16.0. The third-order valence-electron chi connectivity index (χ3n) is 3.20. The lowest BCUT2D eigenvalue weighted by Gasteiger charge is -2.23. The molecule has 0 bridgehead atoms. The van der Waals surface area contributed by atoms with Gasteiger partial charge < -0.3 is 4.74 Å². The molecule has 1 heterocycles. The van der Waals surface area contributed by atoms with E-state index in [1.54, 1.807) is 6.20 Å². The van der Waals surface area contributed by atoms with Crippen molar-refractivity contribution in [3.63, 3.8) is 0 Å². The molecule has 0 radical (unpaired) electrons. The van der Waals surface area contributed by atoms with Crippen LogP contribution in [0, 0.1) is 11.7 Å². The van der Waals surface area contributed by atoms with E-state index in [9.17, 15) is 12.8 Å². The number of halogens is 1. The highest BCUT2D eigenvalue weighted by molar-refractivity contribution is 7.90. The summed E-state index contributed by atoms with van der Waals surface area (Å²) in [5, 5.41) is -0.0409. The molecule has 21 heavy (non-hydrogen) atoms. The van der Waals surface area contributed by atoms with E-state index < -0.39 is 15.7 Å². The van der Waals surface area contributed by atoms with Crippen LogP contribution >= 0.6 is 12.6 Å². The Kier molecular flexibility index (Phi) is 4.73. The van der Waals surface area contributed by atoms with E-state index in [2.05, 4.69) is 17.6 Å². The van der Waals surface area contributed by atoms with Gasteiger partial charge in [-0.3, -0.25) is 0 Å². The molecule has 0 amide bonds. The van der Waals surface area contributed by atoms with Crippen LogP contribution in [0.4, 0.5) is 4.39 Å². The molecule has 0 fully saturated rings. The molecular weight excluding hydrogens is 313 g/mol. The summed E-state index contributed by atoms with van der Waals surface area (Å²) in [5.74, 6) is -0.450. The average Bonchev–Trinajstić information content (AvgIpc) is 2.40. The van der Waals surface area contributed by atoms with Crippen molar-refractivity contribution in [2.24, 2.45) is 10.9 Å². The quantitative estimate of drug-likeness (QED) is 0.868. The minimum absolute atomic E-state index is 0.0409. The van der Waals surface area contributed by atoms with Crippen molar-refractivity contribution < 1.29 is 17.5 Å². The largest absolute Gasteiger partial charge is 0.440 e. The molecule has 1 aliphatic rings. The van der Waals surface area contributed by atoms with Gasteiger partial charge in [-0.05, 0) is 24.6 Å². The molecule has 4 nitrogen and oxygen atoms in total. The van der Waals surface area contributed by atoms with Gasteiger partial charge in [-0.15, -0.1) is 0 Å². The molecule has 2 rings (SSSR count). The normalized spacial score (nSPS) is 22.0. The van der Waals surface area contributed by atoms with Gasteiger partial charge in [-0.25, -0.2) is 17.8 Å². The number of hydrogen-bond acceptors (Lipinski definition) is 5. The zero-order valence-electron chi connectivity index (χ0n) is 11.7. The summed E-state index contributed by atoms with van der Waals surface area (Å²) in [6.45, 7) is 1.97. The predicted molar refractivity (Wildman–Crippen MR) is 83.3 cm³/mol. The van der Waals surface area contributed by atoms with Crippen LogP contribution in [-0.4, -0.2) is 25.8 Å². The molecule has 2 atom stereocenters. The first-order chi connectivity index (χ1) is 9.82. The molecule has 0 aromatic heterocycles. The minimum Gasteiger partial charge on any atom is -0.440 e. The number of aliphatic imine (C=N–C) groups is 1. The smallest absolute Gasteiger partial charge is 0.199 e. The van der Waals surface area contributed by atoms with Crippen LogP contribution in [0.5, 0.6) is 5.75 Å². The Morgan fingerprint density at radius 2 is 2.14 bits per heavy atom. The molecule has 0 spiro atoms. The summed E-state index contributed by atoms with van der Waals surface area (Å²) in [6.07, 6.45) is 5.19. The number of nitrogens with zero attached hydrogens (tertiary/aromatic N) is 1. The first-order valence-corrected chi connectivity index (χ1v) is 8.83. The molecule has 2 unspecified atom stereocenters. The van der Waals surface area contributed by atoms with Crippen molar-refractivity contribution in [3.05, 3.63) is 36.3 Å². The van der Waals surface area contributed by atoms with Gasteiger partial charge in [0.25, 0.3) is 0 Å². The third-order valence-corrected chi connectivity index (χ3v) is 4.84. The molecule has 0 saturated carbocycles. The van der Waals surface area contributed by atoms with Gasteiger partial charge in [0.15, 0.2) is 27.3 Å². The highest BCUT2D eigenvalue weighted by Crippen LogP contribution is 2.26. The second-order valence-corrected chi connectivity index (χ2v) is 7.39. The second kappa shape index (κ2) is 6.19. The highest BCUT2D eigenvalue weighted by Gasteiger charge is 2.25. The maximum Gasteiger partial charge on any atom is 0.199 e. The Labute approximate surface area is 129 Å². The van der Waals surface area contributed by atoms with Crippen LogP contribution in [0.3, 0.4) is 0 Å². The third kappa shape index (κ3) is 3.65. The van der Waals surface area contributed by atoms with Crippen LogP contribution < -0.4 is 4.74 Å². The van der Waals surface area contributed by atoms with Crippen LogP contribution in [0.15, 0.2) is 40.4 Å². The summed E-state index contributed by atoms with van der Waals surface area (Å²) in [6, 6.07) is 3.56. The Bertz CT molecular complexity index is 698. The molecule has 0 aliphatic carbocycles. The van der Waals surface area contributed by atoms with Crippen molar-refractivity contribution in [2.75, 3.05) is 6.26 Å². The maximum absolute atomic E-state index is 14.0. The first-order valence-electron chi connectivity index (χ1n) is 6.43. The minimum atomic E-state index is -3.45. The van der Waals surface area contributed by atoms with Gasteiger partial charge in [0, 0.05) is 17.7 Å². The summed E-state index contributed by atoms with van der Waals surface area (Å²) in [5.41, 5.74) is 0. The monoisotopic (exact) mass is 329 g/mol. The Morgan fingerprint density at radius 1 is 1.43 bits per heavy atom. The van der Waals surface area contributed by atoms with E-state index in [1.807, 2.05) is 13.0 Å². The fourth-order valence-corrected chi connectivity index (χ4v) is 3.05. The van der Waals surface area contributed by atoms with Gasteiger partial charge in [-0.2, -0.15) is 12.6 Å². The summed E-state index contributed by atoms with van der Waals surface area (Å²) >= 11 is 4.42. The van der Waals surface area contributed by atoms with Crippen LogP contribution in [-0.2, 0) is 9.84 Å². The van der Waals surface area contributed by atoms with E-state index in [-0.39, 0.29) is 21.8 Å². The number of benzene rings is 1. The van der Waals surface area contributed by atoms with E-state index in [0.29, 0.717) is 5.90 Å². The summed E-state index contributed by atoms with van der Waals surface area (Å²) in [7, 11) is -3.45. The van der Waals surface area contributed by atoms with Gasteiger partial charge in [-0.1, -0.05) is 13.0 Å².